The molecule has 31 heavy (non-hydrogen) atoms. The van der Waals surface area contributed by atoms with Crippen LogP contribution >= 0.6 is 34.8 Å². The Labute approximate surface area is 196 Å². The van der Waals surface area contributed by atoms with Gasteiger partial charge in [-0.25, -0.2) is 8.42 Å². The third-order valence-electron chi connectivity index (χ3n) is 4.98. The molecule has 0 saturated carbocycles. The second kappa shape index (κ2) is 10.8. The number of anilines is 1. The molecule has 0 aliphatic heterocycles. The van der Waals surface area contributed by atoms with Gasteiger partial charge in [0.2, 0.25) is 10.0 Å². The molecule has 0 spiro atoms. The van der Waals surface area contributed by atoms with Crippen molar-refractivity contribution in [2.45, 2.75) is 43.5 Å². The van der Waals surface area contributed by atoms with E-state index < -0.39 is 37.4 Å². The number of aryl methyl sites for hydroxylation is 1. The van der Waals surface area contributed by atoms with E-state index in [-0.39, 0.29) is 5.69 Å². The third-order valence-corrected chi connectivity index (χ3v) is 8.08. The van der Waals surface area contributed by atoms with E-state index in [1.54, 1.807) is 12.1 Å². The summed E-state index contributed by atoms with van der Waals surface area (Å²) in [5, 5.41) is -3.03. The summed E-state index contributed by atoms with van der Waals surface area (Å²) in [6.07, 6.45) is -1.96. The van der Waals surface area contributed by atoms with E-state index in [2.05, 4.69) is 23.5 Å². The van der Waals surface area contributed by atoms with Crippen LogP contribution in [-0.4, -0.2) is 49.8 Å². The molecule has 1 aliphatic rings. The molecule has 0 bridgehead atoms. The van der Waals surface area contributed by atoms with Gasteiger partial charge < -0.3 is 4.90 Å². The molecular formula is C20H24Cl3F3N2O2S. The second-order valence-electron chi connectivity index (χ2n) is 7.10. The zero-order valence-electron chi connectivity index (χ0n) is 17.0. The number of hydrogen-bond donors (Lipinski definition) is 1. The van der Waals surface area contributed by atoms with Crippen LogP contribution in [0.15, 0.2) is 41.0 Å². The minimum Gasteiger partial charge on any atom is -0.304 e. The number of hydrogen-bond acceptors (Lipinski definition) is 3. The lowest BCUT2D eigenvalue weighted by molar-refractivity contribution is -0.0886. The van der Waals surface area contributed by atoms with E-state index in [1.807, 2.05) is 0 Å². The highest BCUT2D eigenvalue weighted by molar-refractivity contribution is 7.93. The highest BCUT2D eigenvalue weighted by Crippen LogP contribution is 2.37. The Balaban J connectivity index is 2.17. The minimum atomic E-state index is -4.67. The number of benzene rings is 1. The zero-order valence-corrected chi connectivity index (χ0v) is 20.1. The van der Waals surface area contributed by atoms with Gasteiger partial charge in [-0.15, -0.1) is 11.6 Å². The van der Waals surface area contributed by atoms with Gasteiger partial charge in [-0.05, 0) is 62.3 Å². The van der Waals surface area contributed by atoms with E-state index >= 15 is 0 Å². The van der Waals surface area contributed by atoms with Crippen molar-refractivity contribution in [2.75, 3.05) is 24.4 Å². The molecular weight excluding hydrogens is 496 g/mol. The van der Waals surface area contributed by atoms with Gasteiger partial charge in [0, 0.05) is 15.7 Å². The fraction of sp³-hybridized carbons (Fsp3) is 0.500. The Kier molecular flexibility index (Phi) is 9.16. The lowest BCUT2D eigenvalue weighted by Crippen LogP contribution is -2.37. The summed E-state index contributed by atoms with van der Waals surface area (Å²) in [5.41, 5.74) is -0.0758. The molecule has 0 fully saturated rings. The maximum Gasteiger partial charge on any atom is 0.416 e. The van der Waals surface area contributed by atoms with Crippen molar-refractivity contribution in [1.29, 1.82) is 0 Å². The van der Waals surface area contributed by atoms with Gasteiger partial charge >= 0.3 is 6.18 Å². The average molecular weight is 520 g/mol. The molecule has 0 saturated heterocycles. The number of sulfonamides is 1. The molecule has 11 heteroatoms. The van der Waals surface area contributed by atoms with E-state index in [0.717, 1.165) is 31.6 Å². The van der Waals surface area contributed by atoms with Crippen molar-refractivity contribution in [3.05, 3.63) is 51.5 Å². The summed E-state index contributed by atoms with van der Waals surface area (Å²) in [6.45, 7) is 6.90. The number of allylic oxidation sites excluding steroid dienone is 3. The topological polar surface area (TPSA) is 49.4 Å². The van der Waals surface area contributed by atoms with Gasteiger partial charge in [-0.2, -0.15) is 13.2 Å². The second-order valence-corrected chi connectivity index (χ2v) is 10.2. The predicted octanol–water partition coefficient (Wildman–Crippen LogP) is 5.96. The van der Waals surface area contributed by atoms with Crippen LogP contribution in [0.25, 0.3) is 0 Å². The zero-order chi connectivity index (χ0) is 23.4. The first-order valence-corrected chi connectivity index (χ1v) is 12.5. The van der Waals surface area contributed by atoms with Crippen LogP contribution in [-0.2, 0) is 16.4 Å². The summed E-state index contributed by atoms with van der Waals surface area (Å²) in [4.78, 5) is 2.27. The van der Waals surface area contributed by atoms with Crippen molar-refractivity contribution in [1.82, 2.24) is 4.90 Å². The molecule has 0 heterocycles. The van der Waals surface area contributed by atoms with Gasteiger partial charge in [-0.1, -0.05) is 43.1 Å². The smallest absolute Gasteiger partial charge is 0.304 e. The summed E-state index contributed by atoms with van der Waals surface area (Å²) in [5.74, 6) is 0. The van der Waals surface area contributed by atoms with Crippen LogP contribution in [0.3, 0.4) is 0 Å². The molecule has 1 aromatic carbocycles. The molecule has 4 nitrogen and oxygen atoms in total. The highest BCUT2D eigenvalue weighted by Gasteiger charge is 2.42. The van der Waals surface area contributed by atoms with Crippen molar-refractivity contribution in [2.24, 2.45) is 0 Å². The summed E-state index contributed by atoms with van der Waals surface area (Å²) < 4.78 is 66.8. The first-order chi connectivity index (χ1) is 14.4. The van der Waals surface area contributed by atoms with Crippen LogP contribution in [0.2, 0.25) is 5.02 Å². The normalized spacial score (nSPS) is 19.9. The maximum absolute atomic E-state index is 12.9. The molecule has 0 radical (unpaired) electrons. The summed E-state index contributed by atoms with van der Waals surface area (Å²) in [6, 6.07) is 4.67. The van der Waals surface area contributed by atoms with Gasteiger partial charge in [0.05, 0.1) is 11.0 Å². The molecule has 1 N–H and O–H groups in total. The molecule has 0 amide bonds. The molecule has 2 unspecified atom stereocenters. The monoisotopic (exact) mass is 518 g/mol. The van der Waals surface area contributed by atoms with E-state index in [4.69, 9.17) is 34.8 Å². The van der Waals surface area contributed by atoms with Gasteiger partial charge in [0.15, 0.2) is 0 Å². The lowest BCUT2D eigenvalue weighted by Gasteiger charge is -2.26. The highest BCUT2D eigenvalue weighted by atomic mass is 35.5. The number of nitrogens with one attached hydrogen (secondary N) is 1. The Morgan fingerprint density at radius 1 is 1.16 bits per heavy atom. The average Bonchev–Trinajstić information content (AvgIpc) is 2.65. The Morgan fingerprint density at radius 2 is 1.81 bits per heavy atom. The molecule has 1 aromatic rings. The molecule has 2 atom stereocenters. The fourth-order valence-electron chi connectivity index (χ4n) is 3.28. The Hall–Kier alpha value is -0.930. The third kappa shape index (κ3) is 7.02. The Morgan fingerprint density at radius 3 is 2.35 bits per heavy atom. The maximum atomic E-state index is 12.9. The van der Waals surface area contributed by atoms with Crippen LogP contribution in [0, 0.1) is 0 Å². The van der Waals surface area contributed by atoms with E-state index in [0.29, 0.717) is 23.6 Å². The largest absolute Gasteiger partial charge is 0.416 e. The predicted molar refractivity (Wildman–Crippen MR) is 122 cm³/mol. The molecule has 0 aromatic heterocycles. The number of alkyl halides is 4. The quantitative estimate of drug-likeness (QED) is 0.410. The van der Waals surface area contributed by atoms with Crippen LogP contribution in [0.4, 0.5) is 18.9 Å². The molecule has 1 aliphatic carbocycles. The van der Waals surface area contributed by atoms with Gasteiger partial charge in [0.25, 0.3) is 0 Å². The standard InChI is InChI=1S/C20H24Cl3F3N2O2S/c1-3-28(4-2)9-5-6-13-10-15(7-8-16(13)21)27-31(29,30)19-17(22)11-14(12-18(19)23)20(24,25)26/h7-8,10-12,17,19,27H,3-6,9H2,1-2H3. The Bertz CT molecular complexity index is 945. The van der Waals surface area contributed by atoms with E-state index in [1.165, 1.54) is 6.07 Å². The minimum absolute atomic E-state index is 0.237. The van der Waals surface area contributed by atoms with Crippen molar-refractivity contribution >= 4 is 50.5 Å². The van der Waals surface area contributed by atoms with Gasteiger partial charge in [0.1, 0.15) is 5.25 Å². The summed E-state index contributed by atoms with van der Waals surface area (Å²) >= 11 is 18.1. The van der Waals surface area contributed by atoms with Crippen LogP contribution in [0.1, 0.15) is 25.8 Å². The number of nitrogens with zero attached hydrogens (tertiary/aromatic N) is 1. The lowest BCUT2D eigenvalue weighted by atomic mass is 10.1. The number of rotatable bonds is 9. The van der Waals surface area contributed by atoms with Crippen molar-refractivity contribution < 1.29 is 21.6 Å². The van der Waals surface area contributed by atoms with Gasteiger partial charge in [-0.3, -0.25) is 4.72 Å². The van der Waals surface area contributed by atoms with E-state index in [9.17, 15) is 21.6 Å². The first-order valence-electron chi connectivity index (χ1n) is 9.71. The summed E-state index contributed by atoms with van der Waals surface area (Å²) in [7, 11) is -4.22. The molecule has 2 rings (SSSR count). The number of halogens is 6. The van der Waals surface area contributed by atoms with Crippen molar-refractivity contribution in [3.63, 3.8) is 0 Å². The first kappa shape index (κ1) is 26.3. The fourth-order valence-corrected chi connectivity index (χ4v) is 6.20. The van der Waals surface area contributed by atoms with Crippen LogP contribution < -0.4 is 4.72 Å². The molecule has 174 valence electrons. The van der Waals surface area contributed by atoms with Crippen LogP contribution in [0.5, 0.6) is 0 Å². The SMILES string of the molecule is CCN(CC)CCCc1cc(NS(=O)(=O)C2C(Cl)=CC(C(F)(F)F)=CC2Cl)ccc1Cl. The van der Waals surface area contributed by atoms with Crippen molar-refractivity contribution in [3.8, 4) is 0 Å².